The molecule has 0 radical (unpaired) electrons. The monoisotopic (exact) mass is 285 g/mol. The maximum atomic E-state index is 4.82. The molecule has 0 amide bonds. The van der Waals surface area contributed by atoms with E-state index in [0.717, 1.165) is 17.3 Å². The van der Waals surface area contributed by atoms with Crippen molar-refractivity contribution in [1.29, 1.82) is 0 Å². The van der Waals surface area contributed by atoms with E-state index in [-0.39, 0.29) is 0 Å². The molecule has 0 spiro atoms. The molecule has 21 heavy (non-hydrogen) atoms. The van der Waals surface area contributed by atoms with E-state index in [0.29, 0.717) is 12.1 Å². The minimum atomic E-state index is 0.306. The lowest BCUT2D eigenvalue weighted by Gasteiger charge is -2.22. The van der Waals surface area contributed by atoms with Gasteiger partial charge in [0.2, 0.25) is 0 Å². The summed E-state index contributed by atoms with van der Waals surface area (Å²) in [5.74, 6) is 2.04. The third-order valence-electron chi connectivity index (χ3n) is 4.95. The minimum Gasteiger partial charge on any atom is -0.330 e. The number of fused-ring (bicyclic) bond motifs is 1. The molecule has 0 aliphatic heterocycles. The van der Waals surface area contributed by atoms with E-state index in [1.165, 1.54) is 37.6 Å². The molecule has 0 bridgehead atoms. The molecule has 1 aliphatic rings. The summed E-state index contributed by atoms with van der Waals surface area (Å²) in [5, 5.41) is 3.81. The third kappa shape index (κ3) is 3.13. The Morgan fingerprint density at radius 1 is 1.19 bits per heavy atom. The Labute approximate surface area is 127 Å². The maximum absolute atomic E-state index is 4.82. The van der Waals surface area contributed by atoms with Crippen molar-refractivity contribution in [2.24, 2.45) is 13.0 Å². The number of nitrogens with zero attached hydrogens (tertiary/aromatic N) is 2. The predicted octanol–water partition coefficient (Wildman–Crippen LogP) is 4.19. The highest BCUT2D eigenvalue weighted by molar-refractivity contribution is 5.75. The van der Waals surface area contributed by atoms with Crippen LogP contribution in [-0.2, 0) is 7.05 Å². The first-order chi connectivity index (χ1) is 10.1. The van der Waals surface area contributed by atoms with Gasteiger partial charge in [0.1, 0.15) is 5.82 Å². The second-order valence-electron chi connectivity index (χ2n) is 6.72. The molecular weight excluding hydrogens is 258 g/mol. The largest absolute Gasteiger partial charge is 0.330 e. The highest BCUT2D eigenvalue weighted by Gasteiger charge is 2.20. The van der Waals surface area contributed by atoms with Gasteiger partial charge in [-0.3, -0.25) is 0 Å². The lowest BCUT2D eigenvalue weighted by atomic mass is 10.0. The highest BCUT2D eigenvalue weighted by Crippen LogP contribution is 2.25. The molecule has 1 heterocycles. The topological polar surface area (TPSA) is 29.9 Å². The van der Waals surface area contributed by atoms with Gasteiger partial charge in [-0.15, -0.1) is 0 Å². The first-order valence-corrected chi connectivity index (χ1v) is 8.32. The van der Waals surface area contributed by atoms with Crippen LogP contribution in [0.25, 0.3) is 11.0 Å². The number of hydrogen-bond acceptors (Lipinski definition) is 2. The van der Waals surface area contributed by atoms with E-state index in [1.54, 1.807) is 0 Å². The van der Waals surface area contributed by atoms with E-state index in [1.807, 2.05) is 0 Å². The molecule has 2 aromatic rings. The molecule has 3 heteroatoms. The summed E-state index contributed by atoms with van der Waals surface area (Å²) in [6, 6.07) is 9.33. The summed E-state index contributed by atoms with van der Waals surface area (Å²) in [6.45, 7) is 4.63. The second kappa shape index (κ2) is 6.18. The van der Waals surface area contributed by atoms with Gasteiger partial charge in [0, 0.05) is 13.1 Å². The van der Waals surface area contributed by atoms with Crippen LogP contribution in [0.2, 0.25) is 0 Å². The number of imidazole rings is 1. The van der Waals surface area contributed by atoms with Gasteiger partial charge < -0.3 is 9.88 Å². The molecule has 3 rings (SSSR count). The van der Waals surface area contributed by atoms with Crippen molar-refractivity contribution in [3.63, 3.8) is 0 Å². The van der Waals surface area contributed by atoms with Crippen molar-refractivity contribution < 1.29 is 0 Å². The van der Waals surface area contributed by atoms with Crippen molar-refractivity contribution in [1.82, 2.24) is 14.9 Å². The Morgan fingerprint density at radius 2 is 2.00 bits per heavy atom. The van der Waals surface area contributed by atoms with Gasteiger partial charge in [0.25, 0.3) is 0 Å². The Bertz CT molecular complexity index is 602. The molecule has 1 aromatic heterocycles. The third-order valence-corrected chi connectivity index (χ3v) is 4.95. The average molecular weight is 285 g/mol. The fourth-order valence-electron chi connectivity index (χ4n) is 3.63. The van der Waals surface area contributed by atoms with Crippen LogP contribution in [0.4, 0.5) is 0 Å². The SMILES string of the molecule is CC1CCCC(NC(C)c2nc3ccccc3n2C)CC1. The Hall–Kier alpha value is -1.35. The molecule has 1 fully saturated rings. The van der Waals surface area contributed by atoms with Gasteiger partial charge in [-0.25, -0.2) is 4.98 Å². The van der Waals surface area contributed by atoms with Gasteiger partial charge in [-0.2, -0.15) is 0 Å². The quantitative estimate of drug-likeness (QED) is 0.857. The normalized spacial score (nSPS) is 24.9. The summed E-state index contributed by atoms with van der Waals surface area (Å²) in [5.41, 5.74) is 2.31. The number of hydrogen-bond donors (Lipinski definition) is 1. The number of nitrogens with one attached hydrogen (secondary N) is 1. The smallest absolute Gasteiger partial charge is 0.126 e. The highest BCUT2D eigenvalue weighted by atomic mass is 15.1. The summed E-state index contributed by atoms with van der Waals surface area (Å²) in [7, 11) is 2.12. The molecule has 1 N–H and O–H groups in total. The zero-order chi connectivity index (χ0) is 14.8. The van der Waals surface area contributed by atoms with Gasteiger partial charge in [0.05, 0.1) is 17.1 Å². The van der Waals surface area contributed by atoms with Crippen molar-refractivity contribution in [3.05, 3.63) is 30.1 Å². The van der Waals surface area contributed by atoms with E-state index >= 15 is 0 Å². The van der Waals surface area contributed by atoms with Crippen LogP contribution >= 0.6 is 0 Å². The summed E-state index contributed by atoms with van der Waals surface area (Å²) < 4.78 is 2.23. The molecule has 1 saturated carbocycles. The van der Waals surface area contributed by atoms with Gasteiger partial charge in [0.15, 0.2) is 0 Å². The molecule has 1 aromatic carbocycles. The van der Waals surface area contributed by atoms with Crippen LogP contribution in [0.1, 0.15) is 57.8 Å². The maximum Gasteiger partial charge on any atom is 0.126 e. The van der Waals surface area contributed by atoms with Gasteiger partial charge in [-0.05, 0) is 44.2 Å². The number of rotatable bonds is 3. The second-order valence-corrected chi connectivity index (χ2v) is 6.72. The standard InChI is InChI=1S/C18H27N3/c1-13-7-6-8-15(12-11-13)19-14(2)18-20-16-9-4-5-10-17(16)21(18)3/h4-5,9-10,13-15,19H,6-8,11-12H2,1-3H3. The summed E-state index contributed by atoms with van der Waals surface area (Å²) >= 11 is 0. The zero-order valence-electron chi connectivity index (χ0n) is 13.5. The van der Waals surface area contributed by atoms with Crippen molar-refractivity contribution >= 4 is 11.0 Å². The van der Waals surface area contributed by atoms with E-state index in [4.69, 9.17) is 4.98 Å². The van der Waals surface area contributed by atoms with Crippen molar-refractivity contribution in [2.75, 3.05) is 0 Å². The Morgan fingerprint density at radius 3 is 2.81 bits per heavy atom. The van der Waals surface area contributed by atoms with E-state index in [9.17, 15) is 0 Å². The first-order valence-electron chi connectivity index (χ1n) is 8.32. The number of aromatic nitrogens is 2. The van der Waals surface area contributed by atoms with Crippen LogP contribution < -0.4 is 5.32 Å². The van der Waals surface area contributed by atoms with E-state index in [2.05, 4.69) is 55.0 Å². The average Bonchev–Trinajstić information content (AvgIpc) is 2.68. The fraction of sp³-hybridized carbons (Fsp3) is 0.611. The number of para-hydroxylation sites is 2. The summed E-state index contributed by atoms with van der Waals surface area (Å²) in [4.78, 5) is 4.82. The minimum absolute atomic E-state index is 0.306. The lowest BCUT2D eigenvalue weighted by molar-refractivity contribution is 0.395. The molecular formula is C18H27N3. The fourth-order valence-corrected chi connectivity index (χ4v) is 3.63. The molecule has 114 valence electrons. The van der Waals surface area contributed by atoms with Crippen LogP contribution in [-0.4, -0.2) is 15.6 Å². The van der Waals surface area contributed by atoms with E-state index < -0.39 is 0 Å². The van der Waals surface area contributed by atoms with Crippen LogP contribution in [0, 0.1) is 5.92 Å². The summed E-state index contributed by atoms with van der Waals surface area (Å²) in [6.07, 6.45) is 6.70. The van der Waals surface area contributed by atoms with Crippen LogP contribution in [0.3, 0.4) is 0 Å². The zero-order valence-corrected chi connectivity index (χ0v) is 13.5. The Kier molecular flexibility index (Phi) is 4.29. The van der Waals surface area contributed by atoms with Crippen molar-refractivity contribution in [2.45, 2.75) is 58.0 Å². The molecule has 3 unspecified atom stereocenters. The molecule has 3 nitrogen and oxygen atoms in total. The lowest BCUT2D eigenvalue weighted by Crippen LogP contribution is -2.32. The molecule has 1 aliphatic carbocycles. The van der Waals surface area contributed by atoms with Gasteiger partial charge >= 0.3 is 0 Å². The predicted molar refractivity (Wildman–Crippen MR) is 88.3 cm³/mol. The first kappa shape index (κ1) is 14.6. The number of benzene rings is 1. The van der Waals surface area contributed by atoms with Crippen LogP contribution in [0.5, 0.6) is 0 Å². The molecule has 3 atom stereocenters. The van der Waals surface area contributed by atoms with Crippen LogP contribution in [0.15, 0.2) is 24.3 Å². The Balaban J connectivity index is 1.74. The molecule has 0 saturated heterocycles. The van der Waals surface area contributed by atoms with Crippen molar-refractivity contribution in [3.8, 4) is 0 Å². The van der Waals surface area contributed by atoms with Gasteiger partial charge in [-0.1, -0.05) is 31.9 Å². The number of aryl methyl sites for hydroxylation is 1.